The molecule has 1 saturated heterocycles. The molecule has 0 N–H and O–H groups in total. The Morgan fingerprint density at radius 2 is 1.88 bits per heavy atom. The first kappa shape index (κ1) is 21.7. The second-order valence-electron chi connectivity index (χ2n) is 8.08. The van der Waals surface area contributed by atoms with Gasteiger partial charge in [-0.3, -0.25) is 9.69 Å². The van der Waals surface area contributed by atoms with E-state index in [-0.39, 0.29) is 17.6 Å². The Bertz CT molecular complexity index is 1300. The number of fused-ring (bicyclic) bond motifs is 1. The lowest BCUT2D eigenvalue weighted by molar-refractivity contribution is 0.0986. The summed E-state index contributed by atoms with van der Waals surface area (Å²) < 4.78 is 14.3. The molecule has 2 aromatic carbocycles. The van der Waals surface area contributed by atoms with Crippen molar-refractivity contribution in [1.29, 1.82) is 0 Å². The third kappa shape index (κ3) is 4.54. The minimum Gasteiger partial charge on any atom is -0.318 e. The molecular formula is C25H22FN3O2S2. The van der Waals surface area contributed by atoms with Crippen LogP contribution in [0.1, 0.15) is 32.2 Å². The topological polar surface area (TPSA) is 53.5 Å². The number of hydrogen-bond acceptors (Lipinski definition) is 5. The number of rotatable bonds is 7. The molecule has 33 heavy (non-hydrogen) atoms. The van der Waals surface area contributed by atoms with E-state index >= 15 is 0 Å². The lowest BCUT2D eigenvalue weighted by Gasteiger charge is -2.17. The molecule has 1 aliphatic heterocycles. The van der Waals surface area contributed by atoms with E-state index in [1.165, 1.54) is 23.5 Å². The molecular weight excluding hydrogens is 457 g/mol. The summed E-state index contributed by atoms with van der Waals surface area (Å²) in [5, 5.41) is 1.76. The van der Waals surface area contributed by atoms with E-state index in [0.29, 0.717) is 37.4 Å². The van der Waals surface area contributed by atoms with Crippen molar-refractivity contribution in [2.24, 2.45) is 0 Å². The number of nitrogens with zero attached hydrogens (tertiary/aromatic N) is 3. The van der Waals surface area contributed by atoms with Gasteiger partial charge in [-0.1, -0.05) is 24.3 Å². The van der Waals surface area contributed by atoms with Crippen molar-refractivity contribution in [2.75, 3.05) is 18.0 Å². The van der Waals surface area contributed by atoms with E-state index in [1.54, 1.807) is 33.3 Å². The van der Waals surface area contributed by atoms with Crippen molar-refractivity contribution in [2.45, 2.75) is 26.3 Å². The standard InChI is InChI=1S/C25H22FN3O2S2/c1-16-14-23(29-13-12-28(25(29)31)15-17-6-8-18(26)9-7-17)33-24(16)20(30)10-11-22-27-19-4-2-3-5-21(19)32-22/h2-9,14H,10-13,15H2,1H3. The van der Waals surface area contributed by atoms with Gasteiger partial charge in [0.2, 0.25) is 0 Å². The van der Waals surface area contributed by atoms with Crippen LogP contribution in [0.4, 0.5) is 14.2 Å². The summed E-state index contributed by atoms with van der Waals surface area (Å²) >= 11 is 3.01. The quantitative estimate of drug-likeness (QED) is 0.303. The van der Waals surface area contributed by atoms with Crippen LogP contribution in [0.25, 0.3) is 10.2 Å². The highest BCUT2D eigenvalue weighted by Gasteiger charge is 2.31. The van der Waals surface area contributed by atoms with E-state index in [2.05, 4.69) is 4.98 Å². The van der Waals surface area contributed by atoms with Crippen molar-refractivity contribution in [3.63, 3.8) is 0 Å². The molecule has 2 aromatic heterocycles. The van der Waals surface area contributed by atoms with Crippen LogP contribution in [0.3, 0.4) is 0 Å². The number of Topliss-reactive ketones (excluding diaryl/α,β-unsaturated/α-hetero) is 1. The van der Waals surface area contributed by atoms with Crippen LogP contribution in [-0.4, -0.2) is 34.8 Å². The molecule has 0 atom stereocenters. The van der Waals surface area contributed by atoms with Gasteiger partial charge in [0, 0.05) is 32.5 Å². The van der Waals surface area contributed by atoms with Gasteiger partial charge in [0.15, 0.2) is 5.78 Å². The predicted molar refractivity (Wildman–Crippen MR) is 131 cm³/mol. The Hall–Kier alpha value is -3.10. The van der Waals surface area contributed by atoms with Gasteiger partial charge >= 0.3 is 6.03 Å². The fourth-order valence-electron chi connectivity index (χ4n) is 3.98. The monoisotopic (exact) mass is 479 g/mol. The average Bonchev–Trinajstić information content (AvgIpc) is 3.50. The number of halogens is 1. The van der Waals surface area contributed by atoms with Gasteiger partial charge in [-0.2, -0.15) is 0 Å². The van der Waals surface area contributed by atoms with Gasteiger partial charge in [-0.25, -0.2) is 14.2 Å². The Morgan fingerprint density at radius 1 is 1.09 bits per heavy atom. The maximum Gasteiger partial charge on any atom is 0.325 e. The zero-order chi connectivity index (χ0) is 22.9. The second kappa shape index (κ2) is 9.03. The number of ketones is 1. The fraction of sp³-hybridized carbons (Fsp3) is 0.240. The second-order valence-corrected chi connectivity index (χ2v) is 10.2. The van der Waals surface area contributed by atoms with Crippen molar-refractivity contribution >= 4 is 49.7 Å². The first-order valence-corrected chi connectivity index (χ1v) is 12.4. The Balaban J connectivity index is 1.24. The number of thiophene rings is 1. The molecule has 2 amide bonds. The smallest absolute Gasteiger partial charge is 0.318 e. The summed E-state index contributed by atoms with van der Waals surface area (Å²) in [5.41, 5.74) is 2.76. The molecule has 5 rings (SSSR count). The maximum atomic E-state index is 13.1. The number of anilines is 1. The van der Waals surface area contributed by atoms with E-state index in [1.807, 2.05) is 37.3 Å². The molecule has 8 heteroatoms. The highest BCUT2D eigenvalue weighted by atomic mass is 32.1. The number of carbonyl (C=O) groups excluding carboxylic acids is 2. The minimum absolute atomic E-state index is 0.0813. The molecule has 3 heterocycles. The highest BCUT2D eigenvalue weighted by Crippen LogP contribution is 2.34. The zero-order valence-corrected chi connectivity index (χ0v) is 19.7. The number of aromatic nitrogens is 1. The molecule has 5 nitrogen and oxygen atoms in total. The van der Waals surface area contributed by atoms with Crippen molar-refractivity contribution < 1.29 is 14.0 Å². The summed E-state index contributed by atoms with van der Waals surface area (Å²) in [5.74, 6) is -0.208. The average molecular weight is 480 g/mol. The summed E-state index contributed by atoms with van der Waals surface area (Å²) in [6.07, 6.45) is 1.00. The first-order chi connectivity index (χ1) is 16.0. The van der Waals surface area contributed by atoms with Crippen molar-refractivity contribution in [1.82, 2.24) is 9.88 Å². The van der Waals surface area contributed by atoms with Crippen LogP contribution in [0.2, 0.25) is 0 Å². The number of thiazole rings is 1. The van der Waals surface area contributed by atoms with Gasteiger partial charge in [0.1, 0.15) is 5.82 Å². The molecule has 0 saturated carbocycles. The zero-order valence-electron chi connectivity index (χ0n) is 18.1. The van der Waals surface area contributed by atoms with Gasteiger partial charge in [-0.05, 0) is 48.4 Å². The summed E-state index contributed by atoms with van der Waals surface area (Å²) in [6.45, 7) is 3.52. The molecule has 168 valence electrons. The molecule has 1 aliphatic rings. The lowest BCUT2D eigenvalue weighted by atomic mass is 10.1. The van der Waals surface area contributed by atoms with Crippen LogP contribution in [0.5, 0.6) is 0 Å². The van der Waals surface area contributed by atoms with Gasteiger partial charge in [0.05, 0.1) is 25.1 Å². The van der Waals surface area contributed by atoms with Crippen molar-refractivity contribution in [3.8, 4) is 0 Å². The number of amides is 2. The SMILES string of the molecule is Cc1cc(N2CCN(Cc3ccc(F)cc3)C2=O)sc1C(=O)CCc1nc2ccccc2s1. The predicted octanol–water partition coefficient (Wildman–Crippen LogP) is 6.06. The van der Waals surface area contributed by atoms with E-state index in [0.717, 1.165) is 31.4 Å². The fourth-order valence-corrected chi connectivity index (χ4v) is 6.11. The van der Waals surface area contributed by atoms with Crippen LogP contribution in [0, 0.1) is 12.7 Å². The number of carbonyl (C=O) groups is 2. The van der Waals surface area contributed by atoms with Crippen LogP contribution < -0.4 is 4.90 Å². The lowest BCUT2D eigenvalue weighted by Crippen LogP contribution is -2.30. The van der Waals surface area contributed by atoms with Gasteiger partial charge in [0.25, 0.3) is 0 Å². The minimum atomic E-state index is -0.289. The highest BCUT2D eigenvalue weighted by molar-refractivity contribution is 7.19. The van der Waals surface area contributed by atoms with E-state index < -0.39 is 0 Å². The molecule has 1 fully saturated rings. The Morgan fingerprint density at radius 3 is 2.67 bits per heavy atom. The number of urea groups is 1. The molecule has 4 aromatic rings. The maximum absolute atomic E-state index is 13.1. The molecule has 0 aliphatic carbocycles. The normalized spacial score (nSPS) is 13.9. The van der Waals surface area contributed by atoms with Gasteiger partial charge in [-0.15, -0.1) is 22.7 Å². The largest absolute Gasteiger partial charge is 0.325 e. The molecule has 0 bridgehead atoms. The number of aryl methyl sites for hydroxylation is 2. The summed E-state index contributed by atoms with van der Waals surface area (Å²) in [6, 6.07) is 16.0. The number of para-hydroxylation sites is 1. The Labute approximate surface area is 199 Å². The van der Waals surface area contributed by atoms with E-state index in [9.17, 15) is 14.0 Å². The van der Waals surface area contributed by atoms with Crippen LogP contribution in [0.15, 0.2) is 54.6 Å². The van der Waals surface area contributed by atoms with E-state index in [4.69, 9.17) is 0 Å². The summed E-state index contributed by atoms with van der Waals surface area (Å²) in [4.78, 5) is 34.7. The third-order valence-corrected chi connectivity index (χ3v) is 8.11. The molecule has 0 radical (unpaired) electrons. The van der Waals surface area contributed by atoms with Gasteiger partial charge < -0.3 is 4.90 Å². The van der Waals surface area contributed by atoms with Crippen LogP contribution >= 0.6 is 22.7 Å². The number of hydrogen-bond donors (Lipinski definition) is 0. The van der Waals surface area contributed by atoms with Crippen LogP contribution in [-0.2, 0) is 13.0 Å². The van der Waals surface area contributed by atoms with Crippen molar-refractivity contribution in [3.05, 3.63) is 81.4 Å². The first-order valence-electron chi connectivity index (χ1n) is 10.8. The summed E-state index contributed by atoms with van der Waals surface area (Å²) in [7, 11) is 0. The number of benzene rings is 2. The third-order valence-electron chi connectivity index (χ3n) is 5.71. The molecule has 0 spiro atoms. The Kier molecular flexibility index (Phi) is 5.95. The molecule has 0 unspecified atom stereocenters.